The first kappa shape index (κ1) is 19.2. The Morgan fingerprint density at radius 3 is 2.28 bits per heavy atom. The molecule has 29 heavy (non-hydrogen) atoms. The molecule has 0 saturated carbocycles. The van der Waals surface area contributed by atoms with Gasteiger partial charge in [0, 0.05) is 21.8 Å². The van der Waals surface area contributed by atoms with Gasteiger partial charge in [-0.15, -0.1) is 0 Å². The number of carbonyl (C=O) groups excluding carboxylic acids is 2. The summed E-state index contributed by atoms with van der Waals surface area (Å²) in [5, 5.41) is 11.8. The highest BCUT2D eigenvalue weighted by Gasteiger charge is 2.48. The Labute approximate surface area is 176 Å². The van der Waals surface area contributed by atoms with Crippen LogP contribution in [0.25, 0.3) is 5.76 Å². The molecule has 3 aromatic rings. The first-order chi connectivity index (χ1) is 14.0. The van der Waals surface area contributed by atoms with Gasteiger partial charge < -0.3 is 5.11 Å². The van der Waals surface area contributed by atoms with Crippen molar-refractivity contribution in [2.45, 2.75) is 6.04 Å². The molecule has 1 aliphatic heterocycles. The summed E-state index contributed by atoms with van der Waals surface area (Å²) in [5.41, 5.74) is 0.816. The van der Waals surface area contributed by atoms with Crippen LogP contribution in [0.3, 0.4) is 0 Å². The van der Waals surface area contributed by atoms with Gasteiger partial charge >= 0.3 is 5.91 Å². The topological polar surface area (TPSA) is 70.5 Å². The summed E-state index contributed by atoms with van der Waals surface area (Å²) in [5.74, 6) is -1.62. The molecule has 1 aromatic heterocycles. The molecule has 1 saturated heterocycles. The lowest BCUT2D eigenvalue weighted by atomic mass is 9.95. The number of pyridine rings is 1. The number of aliphatic hydroxyl groups excluding tert-OH is 1. The van der Waals surface area contributed by atoms with E-state index in [0.29, 0.717) is 21.2 Å². The molecule has 0 aliphatic carbocycles. The summed E-state index contributed by atoms with van der Waals surface area (Å²) in [6.07, 6.45) is 1.53. The van der Waals surface area contributed by atoms with E-state index >= 15 is 0 Å². The van der Waals surface area contributed by atoms with Crippen molar-refractivity contribution in [3.05, 3.63) is 99.7 Å². The lowest BCUT2D eigenvalue weighted by molar-refractivity contribution is -0.132. The van der Waals surface area contributed by atoms with E-state index in [1.54, 1.807) is 66.7 Å². The number of ketones is 1. The minimum atomic E-state index is -0.922. The van der Waals surface area contributed by atoms with E-state index in [2.05, 4.69) is 4.98 Å². The minimum Gasteiger partial charge on any atom is -0.507 e. The standard InChI is InChI=1S/C22H14Cl2N2O3/c23-14-10-8-13(9-11-14)20(27)18-19(15-5-1-2-6-16(15)24)26(22(29)21(18)28)17-7-3-4-12-25-17/h1-12,19,27H/b20-18-. The Hall–Kier alpha value is -3.15. The van der Waals surface area contributed by atoms with Crippen LogP contribution < -0.4 is 4.90 Å². The van der Waals surface area contributed by atoms with Gasteiger partial charge in [0.2, 0.25) is 0 Å². The summed E-state index contributed by atoms with van der Waals surface area (Å²) in [7, 11) is 0. The first-order valence-corrected chi connectivity index (χ1v) is 9.47. The number of amides is 1. The highest BCUT2D eigenvalue weighted by molar-refractivity contribution is 6.51. The predicted octanol–water partition coefficient (Wildman–Crippen LogP) is 5.01. The molecule has 1 amide bonds. The van der Waals surface area contributed by atoms with Crippen LogP contribution in [0.5, 0.6) is 0 Å². The minimum absolute atomic E-state index is 0.0592. The van der Waals surface area contributed by atoms with Crippen molar-refractivity contribution in [2.75, 3.05) is 4.90 Å². The third kappa shape index (κ3) is 3.39. The molecule has 0 bridgehead atoms. The fraction of sp³-hybridized carbons (Fsp3) is 0.0455. The zero-order valence-corrected chi connectivity index (χ0v) is 16.4. The van der Waals surface area contributed by atoms with Crippen molar-refractivity contribution in [3.8, 4) is 0 Å². The Kier molecular flexibility index (Phi) is 5.09. The number of anilines is 1. The monoisotopic (exact) mass is 424 g/mol. The number of nitrogens with zero attached hydrogens (tertiary/aromatic N) is 2. The first-order valence-electron chi connectivity index (χ1n) is 8.71. The fourth-order valence-electron chi connectivity index (χ4n) is 3.32. The van der Waals surface area contributed by atoms with Crippen LogP contribution in [0.2, 0.25) is 10.0 Å². The highest BCUT2D eigenvalue weighted by atomic mass is 35.5. The average Bonchev–Trinajstić information content (AvgIpc) is 3.00. The second-order valence-corrected chi connectivity index (χ2v) is 7.23. The van der Waals surface area contributed by atoms with Crippen LogP contribution in [0.4, 0.5) is 5.82 Å². The lowest BCUT2D eigenvalue weighted by Gasteiger charge is -2.25. The second-order valence-electron chi connectivity index (χ2n) is 6.39. The van der Waals surface area contributed by atoms with Gasteiger partial charge in [-0.2, -0.15) is 0 Å². The average molecular weight is 425 g/mol. The number of carbonyl (C=O) groups is 2. The van der Waals surface area contributed by atoms with E-state index in [1.807, 2.05) is 0 Å². The van der Waals surface area contributed by atoms with E-state index in [4.69, 9.17) is 23.2 Å². The molecule has 5 nitrogen and oxygen atoms in total. The van der Waals surface area contributed by atoms with Crippen molar-refractivity contribution < 1.29 is 14.7 Å². The molecule has 4 rings (SSSR count). The van der Waals surface area contributed by atoms with E-state index in [9.17, 15) is 14.7 Å². The molecule has 1 fully saturated rings. The molecule has 144 valence electrons. The molecule has 1 unspecified atom stereocenters. The van der Waals surface area contributed by atoms with Gasteiger partial charge in [-0.1, -0.05) is 47.5 Å². The number of aliphatic hydroxyl groups is 1. The quantitative estimate of drug-likeness (QED) is 0.364. The van der Waals surface area contributed by atoms with Crippen molar-refractivity contribution >= 4 is 46.5 Å². The van der Waals surface area contributed by atoms with E-state index in [-0.39, 0.29) is 17.2 Å². The molecule has 2 aromatic carbocycles. The van der Waals surface area contributed by atoms with E-state index in [0.717, 1.165) is 0 Å². The van der Waals surface area contributed by atoms with Crippen LogP contribution in [0, 0.1) is 0 Å². The predicted molar refractivity (Wildman–Crippen MR) is 112 cm³/mol. The summed E-state index contributed by atoms with van der Waals surface area (Å²) in [6, 6.07) is 17.3. The molecule has 1 N–H and O–H groups in total. The lowest BCUT2D eigenvalue weighted by Crippen LogP contribution is -2.30. The highest BCUT2D eigenvalue weighted by Crippen LogP contribution is 2.43. The molecule has 1 aliphatic rings. The molecule has 1 atom stereocenters. The normalized spacial score (nSPS) is 18.3. The molecule has 2 heterocycles. The Morgan fingerprint density at radius 1 is 0.931 bits per heavy atom. The number of Topliss-reactive ketones (excluding diaryl/α,β-unsaturated/α-hetero) is 1. The molecule has 7 heteroatoms. The SMILES string of the molecule is O=C1C(=O)N(c2ccccn2)C(c2ccccc2Cl)/C1=C(/O)c1ccc(Cl)cc1. The maximum absolute atomic E-state index is 13.0. The fourth-order valence-corrected chi connectivity index (χ4v) is 3.68. The van der Waals surface area contributed by atoms with Crippen LogP contribution in [-0.4, -0.2) is 21.8 Å². The largest absolute Gasteiger partial charge is 0.507 e. The summed E-state index contributed by atoms with van der Waals surface area (Å²) in [4.78, 5) is 31.4. The third-order valence-corrected chi connectivity index (χ3v) is 5.25. The Morgan fingerprint density at radius 2 is 1.62 bits per heavy atom. The maximum atomic E-state index is 13.0. The maximum Gasteiger partial charge on any atom is 0.301 e. The van der Waals surface area contributed by atoms with Gasteiger partial charge in [0.1, 0.15) is 11.6 Å². The van der Waals surface area contributed by atoms with Crippen LogP contribution in [0.1, 0.15) is 17.2 Å². The number of halogens is 2. The van der Waals surface area contributed by atoms with E-state index < -0.39 is 17.7 Å². The zero-order chi connectivity index (χ0) is 20.5. The van der Waals surface area contributed by atoms with Gasteiger partial charge in [-0.25, -0.2) is 4.98 Å². The van der Waals surface area contributed by atoms with Crippen LogP contribution in [-0.2, 0) is 9.59 Å². The third-order valence-electron chi connectivity index (χ3n) is 4.66. The number of rotatable bonds is 3. The summed E-state index contributed by atoms with van der Waals surface area (Å²) < 4.78 is 0. The summed E-state index contributed by atoms with van der Waals surface area (Å²) in [6.45, 7) is 0. The van der Waals surface area contributed by atoms with Crippen molar-refractivity contribution in [2.24, 2.45) is 0 Å². The number of hydrogen-bond donors (Lipinski definition) is 1. The number of hydrogen-bond acceptors (Lipinski definition) is 4. The molecule has 0 spiro atoms. The number of aromatic nitrogens is 1. The number of benzene rings is 2. The van der Waals surface area contributed by atoms with Gasteiger partial charge in [-0.3, -0.25) is 14.5 Å². The van der Waals surface area contributed by atoms with Gasteiger partial charge in [0.25, 0.3) is 5.78 Å². The van der Waals surface area contributed by atoms with Gasteiger partial charge in [0.05, 0.1) is 11.6 Å². The van der Waals surface area contributed by atoms with Crippen LogP contribution in [0.15, 0.2) is 78.5 Å². The van der Waals surface area contributed by atoms with Crippen LogP contribution >= 0.6 is 23.2 Å². The van der Waals surface area contributed by atoms with Gasteiger partial charge in [0.15, 0.2) is 0 Å². The molecule has 0 radical (unpaired) electrons. The summed E-state index contributed by atoms with van der Waals surface area (Å²) >= 11 is 12.3. The van der Waals surface area contributed by atoms with Crippen molar-refractivity contribution in [1.82, 2.24) is 4.98 Å². The smallest absolute Gasteiger partial charge is 0.301 e. The second kappa shape index (κ2) is 7.70. The zero-order valence-electron chi connectivity index (χ0n) is 14.9. The Balaban J connectivity index is 1.97. The van der Waals surface area contributed by atoms with Gasteiger partial charge in [-0.05, 0) is 48.0 Å². The van der Waals surface area contributed by atoms with Crippen molar-refractivity contribution in [3.63, 3.8) is 0 Å². The van der Waals surface area contributed by atoms with E-state index in [1.165, 1.54) is 11.1 Å². The molecular weight excluding hydrogens is 411 g/mol. The Bertz CT molecular complexity index is 1130. The van der Waals surface area contributed by atoms with Crippen molar-refractivity contribution in [1.29, 1.82) is 0 Å². The molecular formula is C22H14Cl2N2O3.